The Morgan fingerprint density at radius 1 is 1.67 bits per heavy atom. The van der Waals surface area contributed by atoms with E-state index in [-0.39, 0.29) is 11.7 Å². The number of nitrogens with zero attached hydrogens (tertiary/aromatic N) is 1. The van der Waals surface area contributed by atoms with E-state index >= 15 is 0 Å². The number of halogens is 2. The van der Waals surface area contributed by atoms with Gasteiger partial charge in [0.1, 0.15) is 11.3 Å². The van der Waals surface area contributed by atoms with E-state index in [4.69, 9.17) is 17.3 Å². The Labute approximate surface area is 75.6 Å². The lowest BCUT2D eigenvalue weighted by Gasteiger charge is -2.06. The number of hydrogen-bond donors (Lipinski definition) is 1. The van der Waals surface area contributed by atoms with Gasteiger partial charge in [-0.1, -0.05) is 17.7 Å². The zero-order chi connectivity index (χ0) is 9.14. The van der Waals surface area contributed by atoms with Gasteiger partial charge >= 0.3 is 0 Å². The van der Waals surface area contributed by atoms with Gasteiger partial charge in [0.2, 0.25) is 0 Å². The molecule has 1 atom stereocenters. The fourth-order valence-corrected chi connectivity index (χ4v) is 1.21. The van der Waals surface area contributed by atoms with Crippen LogP contribution in [0.3, 0.4) is 0 Å². The lowest BCUT2D eigenvalue weighted by Crippen LogP contribution is -2.08. The number of nitrogens with two attached hydrogens (primary N) is 1. The fraction of sp³-hybridized carbons (Fsp3) is 0.375. The number of rotatable bonds is 2. The smallest absolute Gasteiger partial charge is 0.140 e. The highest BCUT2D eigenvalue weighted by atomic mass is 35.5. The minimum Gasteiger partial charge on any atom is -0.327 e. The molecule has 0 fully saturated rings. The largest absolute Gasteiger partial charge is 0.327 e. The van der Waals surface area contributed by atoms with Crippen LogP contribution in [-0.2, 0) is 0 Å². The first kappa shape index (κ1) is 9.42. The lowest BCUT2D eigenvalue weighted by molar-refractivity contribution is 0.352. The van der Waals surface area contributed by atoms with Crippen molar-refractivity contribution in [2.24, 2.45) is 5.73 Å². The van der Waals surface area contributed by atoms with Gasteiger partial charge in [0.15, 0.2) is 0 Å². The second-order valence-corrected chi connectivity index (χ2v) is 2.89. The van der Waals surface area contributed by atoms with Gasteiger partial charge in [-0.25, -0.2) is 9.37 Å². The van der Waals surface area contributed by atoms with Crippen LogP contribution < -0.4 is 5.73 Å². The second-order valence-electron chi connectivity index (χ2n) is 2.54. The van der Waals surface area contributed by atoms with Gasteiger partial charge in [-0.2, -0.15) is 0 Å². The summed E-state index contributed by atoms with van der Waals surface area (Å²) in [6, 6.07) is 3.33. The van der Waals surface area contributed by atoms with Crippen molar-refractivity contribution in [1.82, 2.24) is 4.98 Å². The molecule has 0 aliphatic rings. The predicted molar refractivity (Wildman–Crippen MR) is 46.9 cm³/mol. The Balaban J connectivity index is 3.01. The van der Waals surface area contributed by atoms with Crippen LogP contribution in [-0.4, -0.2) is 11.5 Å². The highest BCUT2D eigenvalue weighted by Gasteiger charge is 2.11. The van der Waals surface area contributed by atoms with Crippen molar-refractivity contribution in [2.75, 3.05) is 6.54 Å². The molecule has 0 saturated heterocycles. The number of aryl methyl sites for hydroxylation is 1. The first-order valence-corrected chi connectivity index (χ1v) is 4.00. The molecule has 1 unspecified atom stereocenters. The normalized spacial score (nSPS) is 13.0. The maximum absolute atomic E-state index is 13.0. The monoisotopic (exact) mass is 188 g/mol. The van der Waals surface area contributed by atoms with E-state index in [1.165, 1.54) is 0 Å². The number of aromatic nitrogens is 1. The average molecular weight is 189 g/mol. The van der Waals surface area contributed by atoms with Crippen LogP contribution in [0.1, 0.15) is 17.4 Å². The summed E-state index contributed by atoms with van der Waals surface area (Å²) in [7, 11) is 0. The summed E-state index contributed by atoms with van der Waals surface area (Å²) in [4.78, 5) is 3.91. The Kier molecular flexibility index (Phi) is 3.00. The van der Waals surface area contributed by atoms with E-state index in [1.54, 1.807) is 19.1 Å². The van der Waals surface area contributed by atoms with Crippen molar-refractivity contribution in [3.63, 3.8) is 0 Å². The predicted octanol–water partition coefficient (Wildman–Crippen LogP) is 2.01. The molecule has 0 aliphatic carbocycles. The van der Waals surface area contributed by atoms with E-state index < -0.39 is 6.17 Å². The molecule has 1 heterocycles. The van der Waals surface area contributed by atoms with Crippen LogP contribution in [0.15, 0.2) is 12.1 Å². The lowest BCUT2D eigenvalue weighted by atomic mass is 10.2. The van der Waals surface area contributed by atoms with E-state index in [0.29, 0.717) is 5.56 Å². The molecule has 0 aliphatic heterocycles. The summed E-state index contributed by atoms with van der Waals surface area (Å²) in [5.41, 5.74) is 6.29. The van der Waals surface area contributed by atoms with Gasteiger partial charge in [0.05, 0.1) is 0 Å². The molecule has 1 rings (SSSR count). The van der Waals surface area contributed by atoms with Crippen LogP contribution in [0, 0.1) is 6.92 Å². The molecular formula is C8H10ClFN2. The third kappa shape index (κ3) is 1.93. The molecule has 2 nitrogen and oxygen atoms in total. The highest BCUT2D eigenvalue weighted by molar-refractivity contribution is 6.30. The summed E-state index contributed by atoms with van der Waals surface area (Å²) in [5.74, 6) is 0. The van der Waals surface area contributed by atoms with Crippen molar-refractivity contribution < 1.29 is 4.39 Å². The van der Waals surface area contributed by atoms with E-state index in [1.807, 2.05) is 0 Å². The first-order chi connectivity index (χ1) is 5.65. The minimum atomic E-state index is -1.22. The molecule has 1 aromatic rings. The Morgan fingerprint density at radius 2 is 2.33 bits per heavy atom. The molecule has 12 heavy (non-hydrogen) atoms. The Hall–Kier alpha value is -0.670. The maximum atomic E-state index is 13.0. The Bertz CT molecular complexity index is 278. The molecule has 0 amide bonds. The van der Waals surface area contributed by atoms with Gasteiger partial charge in [-0.15, -0.1) is 0 Å². The zero-order valence-corrected chi connectivity index (χ0v) is 7.48. The molecular weight excluding hydrogens is 179 g/mol. The van der Waals surface area contributed by atoms with Crippen molar-refractivity contribution in [3.8, 4) is 0 Å². The SMILES string of the molecule is Cc1ccc(C(F)CN)c(Cl)n1. The van der Waals surface area contributed by atoms with E-state index in [2.05, 4.69) is 4.98 Å². The molecule has 66 valence electrons. The number of alkyl halides is 1. The van der Waals surface area contributed by atoms with Gasteiger partial charge in [0, 0.05) is 17.8 Å². The summed E-state index contributed by atoms with van der Waals surface area (Å²) in [6.45, 7) is 1.73. The molecule has 4 heteroatoms. The summed E-state index contributed by atoms with van der Waals surface area (Å²) >= 11 is 5.70. The van der Waals surface area contributed by atoms with Crippen LogP contribution in [0.4, 0.5) is 4.39 Å². The third-order valence-corrected chi connectivity index (χ3v) is 1.86. The van der Waals surface area contributed by atoms with E-state index in [0.717, 1.165) is 5.69 Å². The van der Waals surface area contributed by atoms with Crippen molar-refractivity contribution in [1.29, 1.82) is 0 Å². The molecule has 1 aromatic heterocycles. The van der Waals surface area contributed by atoms with Crippen molar-refractivity contribution >= 4 is 11.6 Å². The second kappa shape index (κ2) is 3.83. The Morgan fingerprint density at radius 3 is 2.83 bits per heavy atom. The maximum Gasteiger partial charge on any atom is 0.140 e. The van der Waals surface area contributed by atoms with Gasteiger partial charge in [0.25, 0.3) is 0 Å². The molecule has 0 saturated carbocycles. The van der Waals surface area contributed by atoms with Crippen LogP contribution in [0.2, 0.25) is 5.15 Å². The average Bonchev–Trinajstić information content (AvgIpc) is 2.03. The highest BCUT2D eigenvalue weighted by Crippen LogP contribution is 2.23. The van der Waals surface area contributed by atoms with Gasteiger partial charge < -0.3 is 5.73 Å². The van der Waals surface area contributed by atoms with Crippen LogP contribution >= 0.6 is 11.6 Å². The zero-order valence-electron chi connectivity index (χ0n) is 6.72. The minimum absolute atomic E-state index is 0.0650. The summed E-state index contributed by atoms with van der Waals surface area (Å²) < 4.78 is 13.0. The number of hydrogen-bond acceptors (Lipinski definition) is 2. The van der Waals surface area contributed by atoms with Gasteiger partial charge in [-0.05, 0) is 13.0 Å². The quantitative estimate of drug-likeness (QED) is 0.722. The molecule has 0 radical (unpaired) electrons. The summed E-state index contributed by atoms with van der Waals surface area (Å²) in [6.07, 6.45) is -1.22. The van der Waals surface area contributed by atoms with Crippen molar-refractivity contribution in [3.05, 3.63) is 28.5 Å². The number of pyridine rings is 1. The van der Waals surface area contributed by atoms with Crippen molar-refractivity contribution in [2.45, 2.75) is 13.1 Å². The fourth-order valence-electron chi connectivity index (χ4n) is 0.896. The molecule has 2 N–H and O–H groups in total. The van der Waals surface area contributed by atoms with Crippen LogP contribution in [0.5, 0.6) is 0 Å². The molecule has 0 spiro atoms. The summed E-state index contributed by atoms with van der Waals surface area (Å²) in [5, 5.41) is 0.202. The van der Waals surface area contributed by atoms with Crippen LogP contribution in [0.25, 0.3) is 0 Å². The topological polar surface area (TPSA) is 38.9 Å². The first-order valence-electron chi connectivity index (χ1n) is 3.62. The third-order valence-electron chi connectivity index (χ3n) is 1.56. The van der Waals surface area contributed by atoms with Gasteiger partial charge in [-0.3, -0.25) is 0 Å². The molecule has 0 aromatic carbocycles. The standard InChI is InChI=1S/C8H10ClFN2/c1-5-2-3-6(7(10)4-11)8(9)12-5/h2-3,7H,4,11H2,1H3. The molecule has 0 bridgehead atoms. The van der Waals surface area contributed by atoms with E-state index in [9.17, 15) is 4.39 Å².